The molecule has 2 aromatic heterocycles. The smallest absolute Gasteiger partial charge is 0.436 e. The zero-order chi connectivity index (χ0) is 27.4. The highest BCUT2D eigenvalue weighted by Gasteiger charge is 2.27. The van der Waals surface area contributed by atoms with Crippen LogP contribution in [0.3, 0.4) is 0 Å². The van der Waals surface area contributed by atoms with Crippen molar-refractivity contribution in [3.8, 4) is 0 Å². The number of thiophene rings is 1. The third-order valence-corrected chi connectivity index (χ3v) is 6.74. The minimum absolute atomic E-state index is 0.0645. The van der Waals surface area contributed by atoms with Crippen molar-refractivity contribution in [2.75, 3.05) is 30.5 Å². The first kappa shape index (κ1) is 27.3. The van der Waals surface area contributed by atoms with Crippen LogP contribution in [-0.2, 0) is 19.0 Å². The molecule has 0 saturated carbocycles. The van der Waals surface area contributed by atoms with E-state index in [1.54, 1.807) is 52.0 Å². The highest BCUT2D eigenvalue weighted by molar-refractivity contribution is 7.20. The van der Waals surface area contributed by atoms with E-state index in [-0.39, 0.29) is 34.7 Å². The Morgan fingerprint density at radius 1 is 1.13 bits per heavy atom. The number of benzene rings is 1. The molecule has 1 saturated heterocycles. The molecule has 3 aromatic rings. The summed E-state index contributed by atoms with van der Waals surface area (Å²) in [5.41, 5.74) is -0.146. The molecule has 11 nitrogen and oxygen atoms in total. The fourth-order valence-corrected chi connectivity index (χ4v) is 4.87. The van der Waals surface area contributed by atoms with E-state index in [1.807, 2.05) is 0 Å². The summed E-state index contributed by atoms with van der Waals surface area (Å²) in [6.07, 6.45) is 0.475. The maximum atomic E-state index is 13.3. The van der Waals surface area contributed by atoms with E-state index in [0.717, 1.165) is 16.0 Å². The Morgan fingerprint density at radius 2 is 1.84 bits per heavy atom. The molecule has 3 heterocycles. The maximum absolute atomic E-state index is 13.3. The van der Waals surface area contributed by atoms with Crippen molar-refractivity contribution in [2.24, 2.45) is 5.92 Å². The van der Waals surface area contributed by atoms with Gasteiger partial charge in [0.15, 0.2) is 5.82 Å². The number of hydrogen-bond donors (Lipinski definition) is 2. The zero-order valence-electron chi connectivity index (χ0n) is 21.7. The predicted octanol–water partition coefficient (Wildman–Crippen LogP) is 4.68. The van der Waals surface area contributed by atoms with Crippen LogP contribution in [-0.4, -0.2) is 59.1 Å². The molecule has 1 aromatic carbocycles. The molecule has 1 aliphatic heterocycles. The second kappa shape index (κ2) is 11.3. The summed E-state index contributed by atoms with van der Waals surface area (Å²) in [5, 5.41) is 10.2. The summed E-state index contributed by atoms with van der Waals surface area (Å²) in [4.78, 5) is 51.9. The zero-order valence-corrected chi connectivity index (χ0v) is 22.5. The number of rotatable bonds is 6. The van der Waals surface area contributed by atoms with Gasteiger partial charge in [0, 0.05) is 19.1 Å². The maximum Gasteiger partial charge on any atom is 0.436 e. The largest absolute Gasteiger partial charge is 0.456 e. The summed E-state index contributed by atoms with van der Waals surface area (Å²) in [7, 11) is 0. The van der Waals surface area contributed by atoms with Crippen LogP contribution in [0.25, 0.3) is 10.2 Å². The number of amides is 2. The van der Waals surface area contributed by atoms with E-state index in [4.69, 9.17) is 14.2 Å². The molecule has 0 unspecified atom stereocenters. The number of carbonyl (C=O) groups excluding carboxylic acids is 4. The fourth-order valence-electron chi connectivity index (χ4n) is 3.90. The van der Waals surface area contributed by atoms with Crippen molar-refractivity contribution in [2.45, 2.75) is 46.1 Å². The monoisotopic (exact) mass is 542 g/mol. The summed E-state index contributed by atoms with van der Waals surface area (Å²) in [6.45, 7) is 8.07. The van der Waals surface area contributed by atoms with Gasteiger partial charge in [0.1, 0.15) is 15.3 Å². The van der Waals surface area contributed by atoms with Crippen LogP contribution in [0.5, 0.6) is 0 Å². The van der Waals surface area contributed by atoms with Gasteiger partial charge >= 0.3 is 12.1 Å². The Morgan fingerprint density at radius 3 is 2.53 bits per heavy atom. The van der Waals surface area contributed by atoms with Gasteiger partial charge in [-0.15, -0.1) is 16.4 Å². The van der Waals surface area contributed by atoms with Crippen LogP contribution >= 0.6 is 11.3 Å². The molecule has 38 heavy (non-hydrogen) atoms. The number of aromatic nitrogens is 2. The molecule has 1 fully saturated rings. The van der Waals surface area contributed by atoms with Crippen LogP contribution in [0.1, 0.15) is 60.6 Å². The standard InChI is InChI=1S/C26H30N4O7S/c1-5-36-25(34)30-23-17(14-19(38-23)24(33)37-26(2,3)4)20(29-30)28-22(32)16-8-6-7-9-18(16)27-21(31)15-10-12-35-13-11-15/h6-9,14-15H,5,10-13H2,1-4H3,(H,27,31)(H,28,29,32). The quantitative estimate of drug-likeness (QED) is 0.429. The Kier molecular flexibility index (Phi) is 8.12. The lowest BCUT2D eigenvalue weighted by Gasteiger charge is -2.21. The number of nitrogens with zero attached hydrogens (tertiary/aromatic N) is 2. The Labute approximate surface area is 223 Å². The molecule has 0 bridgehead atoms. The normalized spacial score (nSPS) is 14.2. The number of fused-ring (bicyclic) bond motifs is 1. The van der Waals surface area contributed by atoms with Crippen LogP contribution < -0.4 is 10.6 Å². The number of carbonyl (C=O) groups is 4. The van der Waals surface area contributed by atoms with E-state index in [1.165, 1.54) is 6.07 Å². The molecule has 2 N–H and O–H groups in total. The topological polar surface area (TPSA) is 138 Å². The summed E-state index contributed by atoms with van der Waals surface area (Å²) in [5.74, 6) is -1.42. The van der Waals surface area contributed by atoms with Crippen LogP contribution in [0, 0.1) is 5.92 Å². The molecule has 202 valence electrons. The van der Waals surface area contributed by atoms with E-state index in [0.29, 0.717) is 42.0 Å². The molecule has 1 aliphatic rings. The molecule has 0 spiro atoms. The SMILES string of the molecule is CCOC(=O)n1nc(NC(=O)c2ccccc2NC(=O)C2CCOCC2)c2cc(C(=O)OC(C)(C)C)sc21. The number of nitrogens with one attached hydrogen (secondary N) is 2. The number of ether oxygens (including phenoxy) is 3. The molecule has 2 amide bonds. The fraction of sp³-hybridized carbons (Fsp3) is 0.423. The number of esters is 1. The molecular weight excluding hydrogens is 512 g/mol. The van der Waals surface area contributed by atoms with Gasteiger partial charge in [0.2, 0.25) is 5.91 Å². The van der Waals surface area contributed by atoms with Crippen LogP contribution in [0.2, 0.25) is 0 Å². The van der Waals surface area contributed by atoms with E-state index in [9.17, 15) is 19.2 Å². The van der Waals surface area contributed by atoms with Crippen molar-refractivity contribution >= 4 is 56.9 Å². The first-order valence-corrected chi connectivity index (χ1v) is 13.1. The van der Waals surface area contributed by atoms with Gasteiger partial charge in [-0.1, -0.05) is 12.1 Å². The third kappa shape index (κ3) is 6.20. The van der Waals surface area contributed by atoms with Gasteiger partial charge in [-0.3, -0.25) is 9.59 Å². The first-order chi connectivity index (χ1) is 18.1. The minimum atomic E-state index is -0.750. The van der Waals surface area contributed by atoms with Gasteiger partial charge in [-0.2, -0.15) is 4.68 Å². The average molecular weight is 543 g/mol. The van der Waals surface area contributed by atoms with E-state index >= 15 is 0 Å². The minimum Gasteiger partial charge on any atom is -0.456 e. The first-order valence-electron chi connectivity index (χ1n) is 12.3. The van der Waals surface area contributed by atoms with Crippen molar-refractivity contribution in [1.29, 1.82) is 0 Å². The summed E-state index contributed by atoms with van der Waals surface area (Å²) < 4.78 is 16.9. The molecule has 0 aliphatic carbocycles. The molecule has 0 atom stereocenters. The number of para-hydroxylation sites is 1. The molecular formula is C26H30N4O7S. The van der Waals surface area contributed by atoms with Crippen molar-refractivity contribution < 1.29 is 33.4 Å². The van der Waals surface area contributed by atoms with Gasteiger partial charge in [-0.25, -0.2) is 9.59 Å². The second-order valence-electron chi connectivity index (χ2n) is 9.67. The second-order valence-corrected chi connectivity index (χ2v) is 10.7. The Bertz CT molecular complexity index is 1370. The Hall–Kier alpha value is -3.77. The number of anilines is 2. The number of hydrogen-bond acceptors (Lipinski definition) is 9. The highest BCUT2D eigenvalue weighted by Crippen LogP contribution is 2.33. The highest BCUT2D eigenvalue weighted by atomic mass is 32.1. The van der Waals surface area contributed by atoms with Gasteiger partial charge in [0.25, 0.3) is 5.91 Å². The molecule has 4 rings (SSSR count). The lowest BCUT2D eigenvalue weighted by Crippen LogP contribution is -2.29. The van der Waals surface area contributed by atoms with E-state index < -0.39 is 23.6 Å². The van der Waals surface area contributed by atoms with Gasteiger partial charge in [0.05, 0.1) is 23.2 Å². The van der Waals surface area contributed by atoms with Gasteiger partial charge < -0.3 is 24.8 Å². The summed E-state index contributed by atoms with van der Waals surface area (Å²) in [6, 6.07) is 8.14. The molecule has 12 heteroatoms. The van der Waals surface area contributed by atoms with Crippen molar-refractivity contribution in [3.05, 3.63) is 40.8 Å². The molecule has 0 radical (unpaired) electrons. The van der Waals surface area contributed by atoms with Crippen molar-refractivity contribution in [3.63, 3.8) is 0 Å². The van der Waals surface area contributed by atoms with Crippen LogP contribution in [0.15, 0.2) is 30.3 Å². The third-order valence-electron chi connectivity index (χ3n) is 5.65. The Balaban J connectivity index is 1.63. The van der Waals surface area contributed by atoms with E-state index in [2.05, 4.69) is 15.7 Å². The lowest BCUT2D eigenvalue weighted by atomic mass is 9.99. The average Bonchev–Trinajstić information content (AvgIpc) is 3.45. The summed E-state index contributed by atoms with van der Waals surface area (Å²) >= 11 is 1.00. The lowest BCUT2D eigenvalue weighted by molar-refractivity contribution is -0.122. The predicted molar refractivity (Wildman–Crippen MR) is 142 cm³/mol. The van der Waals surface area contributed by atoms with Gasteiger partial charge in [-0.05, 0) is 58.7 Å². The van der Waals surface area contributed by atoms with Crippen LogP contribution in [0.4, 0.5) is 16.3 Å². The van der Waals surface area contributed by atoms with Crippen molar-refractivity contribution in [1.82, 2.24) is 9.78 Å².